The number of hydrogen-bond donors (Lipinski definition) is 0. The predicted molar refractivity (Wildman–Crippen MR) is 96.5 cm³/mol. The highest BCUT2D eigenvalue weighted by Crippen LogP contribution is 2.36. The second-order valence-corrected chi connectivity index (χ2v) is 7.07. The SMILES string of the molecule is CCC1C=c2ccc3c4c(ccc3c2=CC1)C(CC)CCC4. The smallest absolute Gasteiger partial charge is 0.0106 e. The summed E-state index contributed by atoms with van der Waals surface area (Å²) < 4.78 is 0. The van der Waals surface area contributed by atoms with E-state index in [0.29, 0.717) is 0 Å². The molecule has 2 aliphatic rings. The van der Waals surface area contributed by atoms with Crippen molar-refractivity contribution < 1.29 is 0 Å². The van der Waals surface area contributed by atoms with Crippen molar-refractivity contribution in [3.8, 4) is 0 Å². The van der Waals surface area contributed by atoms with Gasteiger partial charge in [0.1, 0.15) is 0 Å². The number of fused-ring (bicyclic) bond motifs is 5. The summed E-state index contributed by atoms with van der Waals surface area (Å²) >= 11 is 0. The molecule has 0 radical (unpaired) electrons. The Morgan fingerprint density at radius 2 is 1.86 bits per heavy atom. The molecule has 0 saturated heterocycles. The maximum Gasteiger partial charge on any atom is -0.0106 e. The fourth-order valence-electron chi connectivity index (χ4n) is 4.54. The van der Waals surface area contributed by atoms with Gasteiger partial charge >= 0.3 is 0 Å². The minimum atomic E-state index is 0.729. The molecule has 2 aromatic carbocycles. The van der Waals surface area contributed by atoms with E-state index in [-0.39, 0.29) is 0 Å². The van der Waals surface area contributed by atoms with Gasteiger partial charge in [-0.15, -0.1) is 0 Å². The zero-order chi connectivity index (χ0) is 15.1. The predicted octanol–water partition coefficient (Wildman–Crippen LogP) is 4.66. The van der Waals surface area contributed by atoms with Crippen LogP contribution in [-0.2, 0) is 6.42 Å². The van der Waals surface area contributed by atoms with Crippen LogP contribution in [0.4, 0.5) is 0 Å². The number of benzene rings is 2. The lowest BCUT2D eigenvalue weighted by Crippen LogP contribution is -2.30. The van der Waals surface area contributed by atoms with E-state index < -0.39 is 0 Å². The van der Waals surface area contributed by atoms with Crippen molar-refractivity contribution in [1.29, 1.82) is 0 Å². The summed E-state index contributed by atoms with van der Waals surface area (Å²) in [6.45, 7) is 4.63. The van der Waals surface area contributed by atoms with E-state index in [2.05, 4.69) is 50.3 Å². The quantitative estimate of drug-likeness (QED) is 0.754. The van der Waals surface area contributed by atoms with Crippen LogP contribution in [0.25, 0.3) is 22.9 Å². The molecule has 2 atom stereocenters. The Bertz CT molecular complexity index is 825. The van der Waals surface area contributed by atoms with E-state index in [1.165, 1.54) is 59.7 Å². The molecule has 114 valence electrons. The summed E-state index contributed by atoms with van der Waals surface area (Å²) in [6, 6.07) is 9.60. The number of aryl methyl sites for hydroxylation is 1. The molecule has 0 bridgehead atoms. The normalized spacial score (nSPS) is 23.4. The lowest BCUT2D eigenvalue weighted by atomic mass is 9.79. The zero-order valence-electron chi connectivity index (χ0n) is 13.9. The molecule has 4 rings (SSSR count). The highest BCUT2D eigenvalue weighted by molar-refractivity contribution is 5.88. The molecule has 0 fully saturated rings. The van der Waals surface area contributed by atoms with E-state index in [0.717, 1.165) is 11.8 Å². The van der Waals surface area contributed by atoms with Crippen molar-refractivity contribution in [2.24, 2.45) is 5.92 Å². The van der Waals surface area contributed by atoms with Gasteiger partial charge in [0.25, 0.3) is 0 Å². The lowest BCUT2D eigenvalue weighted by molar-refractivity contribution is 0.542. The summed E-state index contributed by atoms with van der Waals surface area (Å²) in [5.41, 5.74) is 3.27. The van der Waals surface area contributed by atoms with Crippen LogP contribution in [0.2, 0.25) is 0 Å². The molecule has 0 amide bonds. The zero-order valence-corrected chi connectivity index (χ0v) is 13.9. The van der Waals surface area contributed by atoms with Crippen LogP contribution in [0.3, 0.4) is 0 Å². The molecule has 0 spiro atoms. The molecule has 0 heteroatoms. The Kier molecular flexibility index (Phi) is 3.56. The van der Waals surface area contributed by atoms with E-state index in [1.807, 2.05) is 0 Å². The van der Waals surface area contributed by atoms with Crippen LogP contribution in [-0.4, -0.2) is 0 Å². The topological polar surface area (TPSA) is 0 Å². The molecule has 22 heavy (non-hydrogen) atoms. The Morgan fingerprint density at radius 3 is 2.68 bits per heavy atom. The Balaban J connectivity index is 1.98. The average Bonchev–Trinajstić information content (AvgIpc) is 2.59. The van der Waals surface area contributed by atoms with E-state index in [4.69, 9.17) is 0 Å². The first-order chi connectivity index (χ1) is 10.8. The Morgan fingerprint density at radius 1 is 1.00 bits per heavy atom. The van der Waals surface area contributed by atoms with Gasteiger partial charge in [-0.1, -0.05) is 50.3 Å². The molecule has 0 aromatic heterocycles. The molecule has 0 saturated carbocycles. The number of rotatable bonds is 2. The van der Waals surface area contributed by atoms with Gasteiger partial charge in [0.05, 0.1) is 0 Å². The molecule has 0 nitrogen and oxygen atoms in total. The van der Waals surface area contributed by atoms with Crippen LogP contribution in [0, 0.1) is 5.92 Å². The highest BCUT2D eigenvalue weighted by atomic mass is 14.2. The molecular weight excluding hydrogens is 264 g/mol. The number of hydrogen-bond acceptors (Lipinski definition) is 0. The van der Waals surface area contributed by atoms with Gasteiger partial charge < -0.3 is 0 Å². The largest absolute Gasteiger partial charge is 0.0755 e. The summed E-state index contributed by atoms with van der Waals surface area (Å²) in [6.07, 6.45) is 12.7. The molecule has 2 aliphatic carbocycles. The van der Waals surface area contributed by atoms with Crippen molar-refractivity contribution in [1.82, 2.24) is 0 Å². The highest BCUT2D eigenvalue weighted by Gasteiger charge is 2.20. The first-order valence-corrected chi connectivity index (χ1v) is 9.08. The van der Waals surface area contributed by atoms with Crippen LogP contribution in [0.5, 0.6) is 0 Å². The van der Waals surface area contributed by atoms with Gasteiger partial charge in [-0.25, -0.2) is 0 Å². The first-order valence-electron chi connectivity index (χ1n) is 9.08. The summed E-state index contributed by atoms with van der Waals surface area (Å²) in [5, 5.41) is 5.95. The molecule has 2 aromatic rings. The second-order valence-electron chi connectivity index (χ2n) is 7.07. The fourth-order valence-corrected chi connectivity index (χ4v) is 4.54. The lowest BCUT2D eigenvalue weighted by Gasteiger charge is -2.26. The third-order valence-corrected chi connectivity index (χ3v) is 5.90. The fraction of sp³-hybridized carbons (Fsp3) is 0.455. The molecule has 0 heterocycles. The van der Waals surface area contributed by atoms with Gasteiger partial charge in [-0.3, -0.25) is 0 Å². The van der Waals surface area contributed by atoms with Gasteiger partial charge in [0.2, 0.25) is 0 Å². The van der Waals surface area contributed by atoms with Crippen molar-refractivity contribution >= 4 is 22.9 Å². The van der Waals surface area contributed by atoms with E-state index in [9.17, 15) is 0 Å². The van der Waals surface area contributed by atoms with Crippen LogP contribution in [0.1, 0.15) is 63.0 Å². The summed E-state index contributed by atoms with van der Waals surface area (Å²) in [4.78, 5) is 0. The third-order valence-electron chi connectivity index (χ3n) is 5.90. The van der Waals surface area contributed by atoms with E-state index in [1.54, 1.807) is 11.1 Å². The summed E-state index contributed by atoms with van der Waals surface area (Å²) in [5.74, 6) is 1.51. The van der Waals surface area contributed by atoms with Gasteiger partial charge in [0, 0.05) is 0 Å². The van der Waals surface area contributed by atoms with Crippen LogP contribution < -0.4 is 10.4 Å². The molecule has 0 N–H and O–H groups in total. The van der Waals surface area contributed by atoms with Crippen molar-refractivity contribution in [2.45, 2.75) is 58.3 Å². The Hall–Kier alpha value is -1.56. The Labute approximate surface area is 133 Å². The van der Waals surface area contributed by atoms with Crippen molar-refractivity contribution in [2.75, 3.05) is 0 Å². The molecule has 0 aliphatic heterocycles. The first kappa shape index (κ1) is 14.1. The standard InChI is InChI=1S/C22H26/c1-3-15-8-10-19-17(14-15)9-11-22-20-7-5-6-16(4-2)18(20)12-13-21(19)22/h9-16H,3-8H2,1-2H3. The van der Waals surface area contributed by atoms with Gasteiger partial charge in [-0.05, 0) is 82.7 Å². The van der Waals surface area contributed by atoms with Crippen molar-refractivity contribution in [3.63, 3.8) is 0 Å². The molecular formula is C22H26. The minimum Gasteiger partial charge on any atom is -0.0755 e. The van der Waals surface area contributed by atoms with E-state index >= 15 is 0 Å². The van der Waals surface area contributed by atoms with Gasteiger partial charge in [-0.2, -0.15) is 0 Å². The molecule has 2 unspecified atom stereocenters. The maximum atomic E-state index is 2.49. The maximum absolute atomic E-state index is 2.49. The van der Waals surface area contributed by atoms with Gasteiger partial charge in [0.15, 0.2) is 0 Å². The summed E-state index contributed by atoms with van der Waals surface area (Å²) in [7, 11) is 0. The second kappa shape index (κ2) is 5.57. The monoisotopic (exact) mass is 290 g/mol. The van der Waals surface area contributed by atoms with Crippen LogP contribution >= 0.6 is 0 Å². The minimum absolute atomic E-state index is 0.729. The average molecular weight is 290 g/mol. The van der Waals surface area contributed by atoms with Crippen molar-refractivity contribution in [3.05, 3.63) is 45.8 Å². The third kappa shape index (κ3) is 2.12. The van der Waals surface area contributed by atoms with Crippen LogP contribution in [0.15, 0.2) is 24.3 Å².